The molecule has 0 aromatic carbocycles. The second-order valence-electron chi connectivity index (χ2n) is 4.31. The van der Waals surface area contributed by atoms with Gasteiger partial charge in [-0.3, -0.25) is 9.98 Å². The Hall–Kier alpha value is -1.10. The summed E-state index contributed by atoms with van der Waals surface area (Å²) in [5.41, 5.74) is 0.653. The van der Waals surface area contributed by atoms with E-state index in [4.69, 9.17) is 0 Å². The quantitative estimate of drug-likeness (QED) is 0.367. The van der Waals surface area contributed by atoms with Crippen LogP contribution in [-0.2, 0) is 0 Å². The molecule has 3 N–H and O–H groups in total. The predicted octanol–water partition coefficient (Wildman–Crippen LogP) is 2.24. The summed E-state index contributed by atoms with van der Waals surface area (Å²) in [7, 11) is 0. The van der Waals surface area contributed by atoms with Gasteiger partial charge in [0.15, 0.2) is 5.96 Å². The molecule has 0 bridgehead atoms. The van der Waals surface area contributed by atoms with Gasteiger partial charge in [-0.25, -0.2) is 0 Å². The highest BCUT2D eigenvalue weighted by atomic mass is 127. The first-order valence-corrected chi connectivity index (χ1v) is 6.59. The molecule has 0 saturated heterocycles. The molecule has 1 rings (SSSR count). The van der Waals surface area contributed by atoms with Gasteiger partial charge in [-0.05, 0) is 24.6 Å². The van der Waals surface area contributed by atoms with Crippen LogP contribution in [0.3, 0.4) is 0 Å². The Balaban J connectivity index is 0.00000441. The number of rotatable bonds is 6. The molecule has 9 heteroatoms. The van der Waals surface area contributed by atoms with Crippen LogP contribution < -0.4 is 10.6 Å². The van der Waals surface area contributed by atoms with Gasteiger partial charge in [0.05, 0.1) is 19.1 Å². The Labute approximate surface area is 144 Å². The van der Waals surface area contributed by atoms with E-state index >= 15 is 0 Å². The fourth-order valence-electron chi connectivity index (χ4n) is 1.53. The second kappa shape index (κ2) is 10.6. The molecular formula is C13H20F3IN4O. The van der Waals surface area contributed by atoms with Gasteiger partial charge in [0.2, 0.25) is 0 Å². The van der Waals surface area contributed by atoms with Crippen LogP contribution in [0.15, 0.2) is 29.5 Å². The molecule has 0 aliphatic carbocycles. The number of alkyl halides is 3. The fourth-order valence-corrected chi connectivity index (χ4v) is 1.53. The highest BCUT2D eigenvalue weighted by Crippen LogP contribution is 2.18. The first kappa shape index (κ1) is 20.9. The average Bonchev–Trinajstić information content (AvgIpc) is 2.44. The van der Waals surface area contributed by atoms with Crippen molar-refractivity contribution < 1.29 is 18.3 Å². The molecule has 0 fully saturated rings. The molecule has 0 aliphatic heterocycles. The predicted molar refractivity (Wildman–Crippen MR) is 89.3 cm³/mol. The number of aromatic nitrogens is 1. The lowest BCUT2D eigenvalue weighted by Gasteiger charge is -2.14. The van der Waals surface area contributed by atoms with Crippen LogP contribution in [0.4, 0.5) is 13.2 Å². The summed E-state index contributed by atoms with van der Waals surface area (Å²) in [6, 6.07) is 3.31. The SMILES string of the molecule is CCNC(=NCC(O)c1ccncc1)NCCC(F)(F)F.I. The van der Waals surface area contributed by atoms with E-state index in [0.29, 0.717) is 12.1 Å². The smallest absolute Gasteiger partial charge is 0.386 e. The third-order valence-electron chi connectivity index (χ3n) is 2.56. The van der Waals surface area contributed by atoms with Crippen molar-refractivity contribution in [2.45, 2.75) is 25.6 Å². The zero-order valence-electron chi connectivity index (χ0n) is 12.1. The largest absolute Gasteiger partial charge is 0.390 e. The number of aliphatic imine (C=N–C) groups is 1. The number of pyridine rings is 1. The first-order chi connectivity index (χ1) is 9.92. The molecule has 1 aromatic rings. The molecule has 0 amide bonds. The minimum Gasteiger partial charge on any atom is -0.386 e. The highest BCUT2D eigenvalue weighted by Gasteiger charge is 2.26. The maximum Gasteiger partial charge on any atom is 0.390 e. The summed E-state index contributed by atoms with van der Waals surface area (Å²) in [5.74, 6) is 0.245. The summed E-state index contributed by atoms with van der Waals surface area (Å²) in [6.45, 7) is 2.11. The molecule has 1 aromatic heterocycles. The minimum atomic E-state index is -4.21. The van der Waals surface area contributed by atoms with Gasteiger partial charge >= 0.3 is 6.18 Å². The molecule has 1 heterocycles. The summed E-state index contributed by atoms with van der Waals surface area (Å²) < 4.78 is 36.2. The monoisotopic (exact) mass is 432 g/mol. The zero-order chi connectivity index (χ0) is 15.7. The van der Waals surface area contributed by atoms with E-state index in [-0.39, 0.29) is 43.0 Å². The molecular weight excluding hydrogens is 412 g/mol. The molecule has 0 saturated carbocycles. The molecule has 0 aliphatic rings. The van der Waals surface area contributed by atoms with E-state index in [9.17, 15) is 18.3 Å². The lowest BCUT2D eigenvalue weighted by Crippen LogP contribution is -2.39. The Bertz CT molecular complexity index is 443. The number of hydrogen-bond acceptors (Lipinski definition) is 3. The number of halogens is 4. The van der Waals surface area contributed by atoms with E-state index in [1.165, 1.54) is 0 Å². The van der Waals surface area contributed by atoms with Crippen molar-refractivity contribution in [3.8, 4) is 0 Å². The van der Waals surface area contributed by atoms with Crippen LogP contribution in [0, 0.1) is 0 Å². The third-order valence-corrected chi connectivity index (χ3v) is 2.56. The van der Waals surface area contributed by atoms with Crippen LogP contribution in [0.1, 0.15) is 25.0 Å². The molecule has 22 heavy (non-hydrogen) atoms. The number of aliphatic hydroxyl groups is 1. The molecule has 0 spiro atoms. The van der Waals surface area contributed by atoms with Crippen molar-refractivity contribution in [2.24, 2.45) is 4.99 Å². The van der Waals surface area contributed by atoms with Gasteiger partial charge < -0.3 is 15.7 Å². The number of hydrogen-bond donors (Lipinski definition) is 3. The number of guanidine groups is 1. The normalized spacial score (nSPS) is 13.2. The summed E-state index contributed by atoms with van der Waals surface area (Å²) in [4.78, 5) is 7.90. The molecule has 5 nitrogen and oxygen atoms in total. The van der Waals surface area contributed by atoms with E-state index in [1.54, 1.807) is 31.5 Å². The van der Waals surface area contributed by atoms with Gasteiger partial charge in [0.1, 0.15) is 0 Å². The van der Waals surface area contributed by atoms with Gasteiger partial charge in [-0.1, -0.05) is 0 Å². The topological polar surface area (TPSA) is 69.5 Å². The molecule has 1 atom stereocenters. The number of nitrogens with zero attached hydrogens (tertiary/aromatic N) is 2. The molecule has 1 unspecified atom stereocenters. The lowest BCUT2D eigenvalue weighted by atomic mass is 10.1. The van der Waals surface area contributed by atoms with Crippen LogP contribution in [0.2, 0.25) is 0 Å². The fraction of sp³-hybridized carbons (Fsp3) is 0.538. The van der Waals surface area contributed by atoms with Crippen molar-refractivity contribution in [1.82, 2.24) is 15.6 Å². The van der Waals surface area contributed by atoms with Crippen molar-refractivity contribution in [2.75, 3.05) is 19.6 Å². The summed E-state index contributed by atoms with van der Waals surface area (Å²) in [6.07, 6.45) is -2.87. The zero-order valence-corrected chi connectivity index (χ0v) is 14.4. The first-order valence-electron chi connectivity index (χ1n) is 6.59. The van der Waals surface area contributed by atoms with Gasteiger partial charge in [-0.2, -0.15) is 13.2 Å². The Morgan fingerprint density at radius 1 is 1.32 bits per heavy atom. The second-order valence-corrected chi connectivity index (χ2v) is 4.31. The van der Waals surface area contributed by atoms with Gasteiger partial charge in [0.25, 0.3) is 0 Å². The average molecular weight is 432 g/mol. The van der Waals surface area contributed by atoms with Crippen LogP contribution in [0.5, 0.6) is 0 Å². The summed E-state index contributed by atoms with van der Waals surface area (Å²) in [5, 5.41) is 15.3. The molecule has 0 radical (unpaired) electrons. The maximum atomic E-state index is 12.1. The van der Waals surface area contributed by atoms with Crippen molar-refractivity contribution >= 4 is 29.9 Å². The molecule has 126 valence electrons. The van der Waals surface area contributed by atoms with Crippen LogP contribution >= 0.6 is 24.0 Å². The highest BCUT2D eigenvalue weighted by molar-refractivity contribution is 14.0. The van der Waals surface area contributed by atoms with Crippen molar-refractivity contribution in [1.29, 1.82) is 0 Å². The number of aliphatic hydroxyl groups excluding tert-OH is 1. The summed E-state index contributed by atoms with van der Waals surface area (Å²) >= 11 is 0. The standard InChI is InChI=1S/C13H19F3N4O.HI/c1-2-18-12(19-8-5-13(14,15)16)20-9-11(21)10-3-6-17-7-4-10;/h3-4,6-7,11,21H,2,5,8-9H2,1H3,(H2,18,19,20);1H. The minimum absolute atomic E-state index is 0. The van der Waals surface area contributed by atoms with Crippen LogP contribution in [-0.4, -0.2) is 41.9 Å². The van der Waals surface area contributed by atoms with Gasteiger partial charge in [0, 0.05) is 25.5 Å². The van der Waals surface area contributed by atoms with E-state index < -0.39 is 18.7 Å². The van der Waals surface area contributed by atoms with Crippen molar-refractivity contribution in [3.05, 3.63) is 30.1 Å². The Morgan fingerprint density at radius 2 is 1.95 bits per heavy atom. The third kappa shape index (κ3) is 9.03. The van der Waals surface area contributed by atoms with Crippen LogP contribution in [0.25, 0.3) is 0 Å². The van der Waals surface area contributed by atoms with Crippen molar-refractivity contribution in [3.63, 3.8) is 0 Å². The van der Waals surface area contributed by atoms with E-state index in [0.717, 1.165) is 0 Å². The lowest BCUT2D eigenvalue weighted by molar-refractivity contribution is -0.132. The van der Waals surface area contributed by atoms with E-state index in [2.05, 4.69) is 20.6 Å². The Morgan fingerprint density at radius 3 is 2.50 bits per heavy atom. The van der Waals surface area contributed by atoms with E-state index in [1.807, 2.05) is 0 Å². The maximum absolute atomic E-state index is 12.1. The Kier molecular flexibility index (Phi) is 10.1. The van der Waals surface area contributed by atoms with Gasteiger partial charge in [-0.15, -0.1) is 24.0 Å². The number of nitrogens with one attached hydrogen (secondary N) is 2.